The molecule has 0 aliphatic carbocycles. The van der Waals surface area contributed by atoms with Crippen molar-refractivity contribution in [2.45, 2.75) is 6.54 Å². The topological polar surface area (TPSA) is 43.4 Å². The molecule has 4 heteroatoms. The van der Waals surface area contributed by atoms with Crippen LogP contribution in [0.25, 0.3) is 0 Å². The molecule has 0 aliphatic heterocycles. The predicted octanol–water partition coefficient (Wildman–Crippen LogP) is 0.818. The molecule has 13 heavy (non-hydrogen) atoms. The van der Waals surface area contributed by atoms with E-state index in [1.165, 1.54) is 0 Å². The highest BCUT2D eigenvalue weighted by atomic mass is 16.5. The summed E-state index contributed by atoms with van der Waals surface area (Å²) in [5, 5.41) is 3.01. The van der Waals surface area contributed by atoms with Gasteiger partial charge < -0.3 is 14.8 Å². The molecule has 1 aromatic heterocycles. The van der Waals surface area contributed by atoms with Gasteiger partial charge in [-0.3, -0.25) is 4.98 Å². The number of hydrogen-bond acceptors (Lipinski definition) is 4. The minimum absolute atomic E-state index is 0.655. The second kappa shape index (κ2) is 4.67. The van der Waals surface area contributed by atoms with E-state index in [-0.39, 0.29) is 0 Å². The Hall–Kier alpha value is -1.29. The highest BCUT2D eigenvalue weighted by Crippen LogP contribution is 2.25. The Labute approximate surface area is 77.9 Å². The first-order valence-electron chi connectivity index (χ1n) is 4.03. The largest absolute Gasteiger partial charge is 0.493 e. The van der Waals surface area contributed by atoms with Crippen LogP contribution in [0.4, 0.5) is 0 Å². The molecular weight excluding hydrogens is 168 g/mol. The van der Waals surface area contributed by atoms with Gasteiger partial charge in [0.1, 0.15) is 0 Å². The normalized spacial score (nSPS) is 9.77. The summed E-state index contributed by atoms with van der Waals surface area (Å²) in [6, 6.07) is 1.86. The van der Waals surface area contributed by atoms with Gasteiger partial charge in [0.15, 0.2) is 11.5 Å². The molecule has 0 spiro atoms. The van der Waals surface area contributed by atoms with Crippen molar-refractivity contribution in [3.63, 3.8) is 0 Å². The molecule has 0 saturated carbocycles. The second-order valence-electron chi connectivity index (χ2n) is 2.56. The van der Waals surface area contributed by atoms with Crippen molar-refractivity contribution in [1.82, 2.24) is 10.3 Å². The summed E-state index contributed by atoms with van der Waals surface area (Å²) >= 11 is 0. The van der Waals surface area contributed by atoms with E-state index in [0.29, 0.717) is 11.5 Å². The Balaban J connectivity index is 2.91. The van der Waals surface area contributed by atoms with Gasteiger partial charge in [-0.05, 0) is 7.05 Å². The maximum atomic E-state index is 5.13. The summed E-state index contributed by atoms with van der Waals surface area (Å²) in [7, 11) is 5.08. The molecule has 1 aromatic rings. The lowest BCUT2D eigenvalue weighted by molar-refractivity contribution is 0.352. The van der Waals surface area contributed by atoms with Crippen LogP contribution in [-0.2, 0) is 6.54 Å². The molecule has 0 atom stereocenters. The molecule has 1 heterocycles. The number of rotatable bonds is 4. The van der Waals surface area contributed by atoms with Crippen molar-refractivity contribution < 1.29 is 9.47 Å². The zero-order valence-corrected chi connectivity index (χ0v) is 8.13. The minimum Gasteiger partial charge on any atom is -0.493 e. The van der Waals surface area contributed by atoms with Crippen molar-refractivity contribution in [1.29, 1.82) is 0 Å². The van der Waals surface area contributed by atoms with E-state index < -0.39 is 0 Å². The van der Waals surface area contributed by atoms with Gasteiger partial charge in [-0.15, -0.1) is 0 Å². The van der Waals surface area contributed by atoms with Gasteiger partial charge in [0, 0.05) is 12.6 Å². The van der Waals surface area contributed by atoms with E-state index >= 15 is 0 Å². The summed E-state index contributed by atoms with van der Waals surface area (Å²) in [6.45, 7) is 0.723. The Morgan fingerprint density at radius 1 is 1.31 bits per heavy atom. The molecule has 0 radical (unpaired) electrons. The summed E-state index contributed by atoms with van der Waals surface area (Å²) in [4.78, 5) is 4.18. The van der Waals surface area contributed by atoms with E-state index in [1.54, 1.807) is 20.4 Å². The monoisotopic (exact) mass is 182 g/mol. The Bertz CT molecular complexity index is 276. The number of hydrogen-bond donors (Lipinski definition) is 1. The van der Waals surface area contributed by atoms with E-state index in [4.69, 9.17) is 9.47 Å². The smallest absolute Gasteiger partial charge is 0.179 e. The highest BCUT2D eigenvalue weighted by molar-refractivity contribution is 5.38. The Morgan fingerprint density at radius 2 is 2.00 bits per heavy atom. The fourth-order valence-electron chi connectivity index (χ4n) is 1.06. The molecule has 0 fully saturated rings. The molecule has 72 valence electrons. The lowest BCUT2D eigenvalue weighted by atomic mass is 10.3. The van der Waals surface area contributed by atoms with Gasteiger partial charge in [0.25, 0.3) is 0 Å². The number of nitrogens with one attached hydrogen (secondary N) is 1. The number of nitrogens with zero attached hydrogens (tertiary/aromatic N) is 1. The third kappa shape index (κ3) is 2.32. The zero-order chi connectivity index (χ0) is 9.68. The van der Waals surface area contributed by atoms with E-state index in [1.807, 2.05) is 13.1 Å². The standard InChI is InChI=1S/C9H14N2O2/c1-10-5-7-4-8(12-2)9(13-3)6-11-7/h4,6,10H,5H2,1-3H3. The lowest BCUT2D eigenvalue weighted by Crippen LogP contribution is -2.07. The van der Waals surface area contributed by atoms with Gasteiger partial charge in [-0.1, -0.05) is 0 Å². The lowest BCUT2D eigenvalue weighted by Gasteiger charge is -2.08. The Morgan fingerprint density at radius 3 is 2.54 bits per heavy atom. The molecule has 1 N–H and O–H groups in total. The minimum atomic E-state index is 0.655. The quantitative estimate of drug-likeness (QED) is 0.748. The molecule has 0 aromatic carbocycles. The molecule has 0 bridgehead atoms. The van der Waals surface area contributed by atoms with Crippen molar-refractivity contribution in [2.75, 3.05) is 21.3 Å². The van der Waals surface area contributed by atoms with Gasteiger partial charge in [-0.25, -0.2) is 0 Å². The molecule has 1 rings (SSSR count). The average Bonchev–Trinajstić information content (AvgIpc) is 2.18. The molecule has 0 saturated heterocycles. The summed E-state index contributed by atoms with van der Waals surface area (Å²) < 4.78 is 10.2. The van der Waals surface area contributed by atoms with E-state index in [0.717, 1.165) is 12.2 Å². The van der Waals surface area contributed by atoms with Crippen LogP contribution in [0.2, 0.25) is 0 Å². The highest BCUT2D eigenvalue weighted by Gasteiger charge is 2.04. The van der Waals surface area contributed by atoms with Gasteiger partial charge in [0.05, 0.1) is 26.1 Å². The van der Waals surface area contributed by atoms with Crippen molar-refractivity contribution in [3.8, 4) is 11.5 Å². The van der Waals surface area contributed by atoms with Crippen LogP contribution in [0.5, 0.6) is 11.5 Å². The zero-order valence-electron chi connectivity index (χ0n) is 8.13. The van der Waals surface area contributed by atoms with Crippen molar-refractivity contribution in [3.05, 3.63) is 18.0 Å². The van der Waals surface area contributed by atoms with Crippen molar-refractivity contribution >= 4 is 0 Å². The average molecular weight is 182 g/mol. The van der Waals surface area contributed by atoms with Crippen LogP contribution in [0.3, 0.4) is 0 Å². The number of aromatic nitrogens is 1. The number of ether oxygens (including phenoxy) is 2. The van der Waals surface area contributed by atoms with Crippen LogP contribution in [0.1, 0.15) is 5.69 Å². The van der Waals surface area contributed by atoms with E-state index in [2.05, 4.69) is 10.3 Å². The van der Waals surface area contributed by atoms with Crippen LogP contribution in [0, 0.1) is 0 Å². The molecule has 0 unspecified atom stereocenters. The molecule has 4 nitrogen and oxygen atoms in total. The first-order valence-corrected chi connectivity index (χ1v) is 4.03. The summed E-state index contributed by atoms with van der Waals surface area (Å²) in [5.74, 6) is 1.37. The molecule has 0 amide bonds. The van der Waals surface area contributed by atoms with Crippen LogP contribution < -0.4 is 14.8 Å². The Kier molecular flexibility index (Phi) is 3.52. The van der Waals surface area contributed by atoms with Crippen LogP contribution in [0.15, 0.2) is 12.3 Å². The third-order valence-electron chi connectivity index (χ3n) is 1.69. The fraction of sp³-hybridized carbons (Fsp3) is 0.444. The second-order valence-corrected chi connectivity index (χ2v) is 2.56. The number of pyridine rings is 1. The maximum Gasteiger partial charge on any atom is 0.179 e. The predicted molar refractivity (Wildman–Crippen MR) is 50.1 cm³/mol. The molecular formula is C9H14N2O2. The van der Waals surface area contributed by atoms with Gasteiger partial charge in [0.2, 0.25) is 0 Å². The third-order valence-corrected chi connectivity index (χ3v) is 1.69. The van der Waals surface area contributed by atoms with Crippen molar-refractivity contribution in [2.24, 2.45) is 0 Å². The van der Waals surface area contributed by atoms with Crippen LogP contribution >= 0.6 is 0 Å². The van der Waals surface area contributed by atoms with Gasteiger partial charge in [-0.2, -0.15) is 0 Å². The summed E-state index contributed by atoms with van der Waals surface area (Å²) in [5.41, 5.74) is 0.931. The number of methoxy groups -OCH3 is 2. The van der Waals surface area contributed by atoms with Crippen LogP contribution in [-0.4, -0.2) is 26.3 Å². The van der Waals surface area contributed by atoms with E-state index in [9.17, 15) is 0 Å². The first kappa shape index (κ1) is 9.80. The maximum absolute atomic E-state index is 5.13. The SMILES string of the molecule is CNCc1cc(OC)c(OC)cn1. The molecule has 0 aliphatic rings. The first-order chi connectivity index (χ1) is 6.31. The fourth-order valence-corrected chi connectivity index (χ4v) is 1.06. The summed E-state index contributed by atoms with van der Waals surface area (Å²) in [6.07, 6.45) is 1.66. The van der Waals surface area contributed by atoms with Gasteiger partial charge >= 0.3 is 0 Å².